The number of hydrogen-bond donors (Lipinski definition) is 2. The van der Waals surface area contributed by atoms with E-state index in [4.69, 9.17) is 21.6 Å². The molecule has 1 aliphatic carbocycles. The Hall–Kier alpha value is -2.96. The Balaban J connectivity index is 1.43. The van der Waals surface area contributed by atoms with Crippen LogP contribution >= 0.6 is 11.6 Å². The maximum atomic E-state index is 6.66. The number of aromatic nitrogens is 4. The molecule has 2 aromatic carbocycles. The highest BCUT2D eigenvalue weighted by molar-refractivity contribution is 6.33. The summed E-state index contributed by atoms with van der Waals surface area (Å²) in [4.78, 5) is 14.6. The zero-order valence-corrected chi connectivity index (χ0v) is 19.4. The van der Waals surface area contributed by atoms with Crippen LogP contribution in [0.3, 0.4) is 0 Å². The predicted octanol–water partition coefficient (Wildman–Crippen LogP) is 5.16. The van der Waals surface area contributed by atoms with Crippen molar-refractivity contribution in [3.05, 3.63) is 70.4 Å². The number of imidazole rings is 1. The smallest absolute Gasteiger partial charge is 0.225 e. The van der Waals surface area contributed by atoms with Gasteiger partial charge < -0.3 is 15.2 Å². The van der Waals surface area contributed by atoms with E-state index in [9.17, 15) is 0 Å². The highest BCUT2D eigenvalue weighted by atomic mass is 35.5. The van der Waals surface area contributed by atoms with E-state index in [1.165, 1.54) is 11.1 Å². The number of nitrogens with zero attached hydrogens (tertiary/aromatic N) is 4. The first-order valence-electron chi connectivity index (χ1n) is 11.7. The summed E-state index contributed by atoms with van der Waals surface area (Å²) in [6, 6.07) is 14.9. The van der Waals surface area contributed by atoms with E-state index < -0.39 is 0 Å². The molecule has 0 amide bonds. The minimum Gasteiger partial charge on any atom is -0.347 e. The monoisotopic (exact) mass is 458 g/mol. The van der Waals surface area contributed by atoms with Crippen LogP contribution in [0.2, 0.25) is 5.02 Å². The van der Waals surface area contributed by atoms with E-state index in [-0.39, 0.29) is 6.04 Å². The maximum Gasteiger partial charge on any atom is 0.225 e. The normalized spacial score (nSPS) is 19.8. The van der Waals surface area contributed by atoms with Gasteiger partial charge in [0.25, 0.3) is 0 Å². The second-order valence-electron chi connectivity index (χ2n) is 9.17. The number of anilines is 1. The SMILES string of the molecule is Cc1cccc(Cl)c1-c1nc2cnc(N[C@@H]3CCc4ccccc43)nc2n1C[C@H]1CCNC1. The number of aryl methyl sites for hydroxylation is 2. The van der Waals surface area contributed by atoms with Gasteiger partial charge in [-0.25, -0.2) is 9.97 Å². The van der Waals surface area contributed by atoms with Gasteiger partial charge in [0.1, 0.15) is 11.3 Å². The topological polar surface area (TPSA) is 67.7 Å². The van der Waals surface area contributed by atoms with Crippen molar-refractivity contribution >= 4 is 28.7 Å². The second kappa shape index (κ2) is 8.43. The molecular weight excluding hydrogens is 432 g/mol. The van der Waals surface area contributed by atoms with Crippen LogP contribution in [-0.2, 0) is 13.0 Å². The third kappa shape index (κ3) is 3.77. The van der Waals surface area contributed by atoms with Crippen molar-refractivity contribution in [1.29, 1.82) is 0 Å². The highest BCUT2D eigenvalue weighted by Crippen LogP contribution is 2.35. The first-order valence-corrected chi connectivity index (χ1v) is 12.1. The Labute approximate surface area is 198 Å². The zero-order chi connectivity index (χ0) is 22.4. The minimum atomic E-state index is 0.235. The van der Waals surface area contributed by atoms with Crippen molar-refractivity contribution in [2.24, 2.45) is 5.92 Å². The van der Waals surface area contributed by atoms with Gasteiger partial charge >= 0.3 is 0 Å². The number of hydrogen-bond acceptors (Lipinski definition) is 5. The number of benzene rings is 2. The Bertz CT molecular complexity index is 1300. The number of rotatable bonds is 5. The maximum absolute atomic E-state index is 6.66. The van der Waals surface area contributed by atoms with Gasteiger partial charge in [-0.3, -0.25) is 0 Å². The van der Waals surface area contributed by atoms with Gasteiger partial charge in [0.05, 0.1) is 17.3 Å². The summed E-state index contributed by atoms with van der Waals surface area (Å²) < 4.78 is 2.25. The zero-order valence-electron chi connectivity index (χ0n) is 18.7. The molecule has 0 unspecified atom stereocenters. The molecule has 1 aliphatic heterocycles. The fourth-order valence-electron chi connectivity index (χ4n) is 5.26. The van der Waals surface area contributed by atoms with Gasteiger partial charge in [-0.2, -0.15) is 4.98 Å². The van der Waals surface area contributed by atoms with Crippen molar-refractivity contribution in [3.63, 3.8) is 0 Å². The van der Waals surface area contributed by atoms with E-state index >= 15 is 0 Å². The Morgan fingerprint density at radius 1 is 1.12 bits per heavy atom. The predicted molar refractivity (Wildman–Crippen MR) is 133 cm³/mol. The second-order valence-corrected chi connectivity index (χ2v) is 9.58. The van der Waals surface area contributed by atoms with Gasteiger partial charge in [0.15, 0.2) is 5.65 Å². The van der Waals surface area contributed by atoms with Gasteiger partial charge in [-0.05, 0) is 68.0 Å². The van der Waals surface area contributed by atoms with E-state index in [1.807, 2.05) is 18.3 Å². The fourth-order valence-corrected chi connectivity index (χ4v) is 5.56. The van der Waals surface area contributed by atoms with Crippen molar-refractivity contribution in [1.82, 2.24) is 24.8 Å². The average molecular weight is 459 g/mol. The molecule has 4 aromatic rings. The third-order valence-corrected chi connectivity index (χ3v) is 7.29. The van der Waals surface area contributed by atoms with E-state index in [0.717, 1.165) is 67.0 Å². The lowest BCUT2D eigenvalue weighted by atomic mass is 10.1. The largest absolute Gasteiger partial charge is 0.347 e. The molecule has 6 rings (SSSR count). The summed E-state index contributed by atoms with van der Waals surface area (Å²) in [5.74, 6) is 2.06. The summed E-state index contributed by atoms with van der Waals surface area (Å²) in [5.41, 5.74) is 6.50. The number of nitrogens with one attached hydrogen (secondary N) is 2. The molecule has 33 heavy (non-hydrogen) atoms. The van der Waals surface area contributed by atoms with Crippen LogP contribution in [0.5, 0.6) is 0 Å². The minimum absolute atomic E-state index is 0.235. The molecule has 7 heteroatoms. The van der Waals surface area contributed by atoms with Crippen molar-refractivity contribution in [2.45, 2.75) is 38.8 Å². The Morgan fingerprint density at radius 2 is 2.03 bits per heavy atom. The quantitative estimate of drug-likeness (QED) is 0.432. The summed E-state index contributed by atoms with van der Waals surface area (Å²) in [6.45, 7) is 5.00. The van der Waals surface area contributed by atoms with Crippen LogP contribution in [0.15, 0.2) is 48.7 Å². The lowest BCUT2D eigenvalue weighted by Gasteiger charge is -2.16. The van der Waals surface area contributed by atoms with Crippen molar-refractivity contribution < 1.29 is 0 Å². The number of halogens is 1. The molecule has 0 saturated carbocycles. The molecule has 168 valence electrons. The van der Waals surface area contributed by atoms with Crippen LogP contribution in [0.4, 0.5) is 5.95 Å². The molecular formula is C26H27ClN6. The van der Waals surface area contributed by atoms with Crippen LogP contribution in [0, 0.1) is 12.8 Å². The lowest BCUT2D eigenvalue weighted by Crippen LogP contribution is -2.16. The van der Waals surface area contributed by atoms with Crippen LogP contribution in [0.1, 0.15) is 35.6 Å². The molecule has 0 spiro atoms. The fraction of sp³-hybridized carbons (Fsp3) is 0.346. The molecule has 6 nitrogen and oxygen atoms in total. The molecule has 2 N–H and O–H groups in total. The summed E-state index contributed by atoms with van der Waals surface area (Å²) >= 11 is 6.66. The summed E-state index contributed by atoms with van der Waals surface area (Å²) in [7, 11) is 0. The molecule has 3 heterocycles. The first-order chi connectivity index (χ1) is 16.2. The van der Waals surface area contributed by atoms with Gasteiger partial charge in [0, 0.05) is 12.1 Å². The van der Waals surface area contributed by atoms with Gasteiger partial charge in [-0.1, -0.05) is 48.0 Å². The van der Waals surface area contributed by atoms with E-state index in [1.54, 1.807) is 0 Å². The van der Waals surface area contributed by atoms with Crippen molar-refractivity contribution in [3.8, 4) is 11.4 Å². The van der Waals surface area contributed by atoms with Crippen LogP contribution in [-0.4, -0.2) is 32.6 Å². The number of fused-ring (bicyclic) bond motifs is 2. The van der Waals surface area contributed by atoms with Gasteiger partial charge in [0.2, 0.25) is 5.95 Å². The molecule has 0 bridgehead atoms. The molecule has 0 radical (unpaired) electrons. The molecule has 1 saturated heterocycles. The van der Waals surface area contributed by atoms with E-state index in [2.05, 4.69) is 57.4 Å². The summed E-state index contributed by atoms with van der Waals surface area (Å²) in [5, 5.41) is 7.77. The van der Waals surface area contributed by atoms with Crippen LogP contribution < -0.4 is 10.6 Å². The average Bonchev–Trinajstić information content (AvgIpc) is 3.55. The molecule has 2 aliphatic rings. The van der Waals surface area contributed by atoms with E-state index in [0.29, 0.717) is 16.9 Å². The molecule has 1 fully saturated rings. The Morgan fingerprint density at radius 3 is 2.88 bits per heavy atom. The highest BCUT2D eigenvalue weighted by Gasteiger charge is 2.25. The van der Waals surface area contributed by atoms with Crippen molar-refractivity contribution in [2.75, 3.05) is 18.4 Å². The third-order valence-electron chi connectivity index (χ3n) is 6.97. The standard InChI is InChI=1S/C26H27ClN6/c1-16-5-4-8-20(27)23(16)25-30-22-14-29-26(31-21-10-9-18-6-2-3-7-19(18)21)32-24(22)33(25)15-17-11-12-28-13-17/h2-8,14,17,21,28H,9-13,15H2,1H3,(H,29,31,32)/t17-,21+/m0/s1. The molecule has 2 atom stereocenters. The Kier molecular flexibility index (Phi) is 5.27. The summed E-state index contributed by atoms with van der Waals surface area (Å²) in [6.07, 6.45) is 5.12. The first kappa shape index (κ1) is 20.6. The molecule has 2 aromatic heterocycles. The lowest BCUT2D eigenvalue weighted by molar-refractivity contribution is 0.490. The van der Waals surface area contributed by atoms with Gasteiger partial charge in [-0.15, -0.1) is 0 Å². The van der Waals surface area contributed by atoms with Crippen LogP contribution in [0.25, 0.3) is 22.6 Å².